The van der Waals surface area contributed by atoms with Crippen molar-refractivity contribution < 1.29 is 19.1 Å². The number of hydrogen-bond donors (Lipinski definition) is 0. The molecule has 0 aliphatic carbocycles. The average molecular weight is 597 g/mol. The molecule has 0 unspecified atom stereocenters. The fourth-order valence-electron chi connectivity index (χ4n) is 5.08. The number of nitrogens with zero attached hydrogens (tertiary/aromatic N) is 2. The highest BCUT2D eigenvalue weighted by atomic mass is 33.1. The SMILES string of the molecule is O=C1C[C@@H](SS[C@@H]2CC(=O)N(Cc3ccc(Oc4ccccc4)cc3)C2)CN1Cc1ccc(Oc2ccccc2)cc1. The van der Waals surface area contributed by atoms with Crippen LogP contribution in [0.15, 0.2) is 109 Å². The van der Waals surface area contributed by atoms with E-state index in [2.05, 4.69) is 0 Å². The van der Waals surface area contributed by atoms with Crippen LogP contribution in [0.2, 0.25) is 0 Å². The molecule has 2 fully saturated rings. The van der Waals surface area contributed by atoms with Crippen molar-refractivity contribution in [3.63, 3.8) is 0 Å². The van der Waals surface area contributed by atoms with Crippen LogP contribution in [0.1, 0.15) is 24.0 Å². The first kappa shape index (κ1) is 28.2. The normalized spacial score (nSPS) is 18.5. The first-order valence-electron chi connectivity index (χ1n) is 14.1. The largest absolute Gasteiger partial charge is 0.457 e. The minimum absolute atomic E-state index is 0.182. The Hall–Kier alpha value is -3.88. The lowest BCUT2D eigenvalue weighted by Gasteiger charge is -2.18. The van der Waals surface area contributed by atoms with Gasteiger partial charge in [-0.3, -0.25) is 9.59 Å². The second-order valence-electron chi connectivity index (χ2n) is 10.5. The van der Waals surface area contributed by atoms with Crippen molar-refractivity contribution in [2.24, 2.45) is 0 Å². The second kappa shape index (κ2) is 13.4. The average Bonchev–Trinajstić information content (AvgIpc) is 3.55. The number of para-hydroxylation sites is 2. The van der Waals surface area contributed by atoms with E-state index in [1.54, 1.807) is 21.6 Å². The van der Waals surface area contributed by atoms with E-state index in [4.69, 9.17) is 9.47 Å². The molecule has 0 spiro atoms. The predicted octanol–water partition coefficient (Wildman–Crippen LogP) is 7.55. The maximum absolute atomic E-state index is 12.7. The van der Waals surface area contributed by atoms with Gasteiger partial charge in [0.1, 0.15) is 23.0 Å². The molecule has 0 bridgehead atoms. The molecule has 2 amide bonds. The molecule has 0 aromatic heterocycles. The van der Waals surface area contributed by atoms with Crippen LogP contribution in [0, 0.1) is 0 Å². The Balaban J connectivity index is 0.938. The van der Waals surface area contributed by atoms with E-state index < -0.39 is 0 Å². The zero-order valence-electron chi connectivity index (χ0n) is 23.1. The van der Waals surface area contributed by atoms with Gasteiger partial charge in [-0.2, -0.15) is 0 Å². The Morgan fingerprint density at radius 2 is 0.881 bits per heavy atom. The highest BCUT2D eigenvalue weighted by Crippen LogP contribution is 2.40. The molecule has 2 saturated heterocycles. The molecule has 42 heavy (non-hydrogen) atoms. The first-order chi connectivity index (χ1) is 20.6. The molecule has 0 N–H and O–H groups in total. The van der Waals surface area contributed by atoms with Crippen LogP contribution in [0.25, 0.3) is 0 Å². The number of carbonyl (C=O) groups is 2. The van der Waals surface area contributed by atoms with Crippen molar-refractivity contribution in [1.82, 2.24) is 9.80 Å². The van der Waals surface area contributed by atoms with Gasteiger partial charge < -0.3 is 19.3 Å². The van der Waals surface area contributed by atoms with Crippen LogP contribution >= 0.6 is 21.6 Å². The number of benzene rings is 4. The minimum Gasteiger partial charge on any atom is -0.457 e. The van der Waals surface area contributed by atoms with E-state index in [1.165, 1.54) is 0 Å². The summed E-state index contributed by atoms with van der Waals surface area (Å²) < 4.78 is 11.8. The van der Waals surface area contributed by atoms with Gasteiger partial charge >= 0.3 is 0 Å². The van der Waals surface area contributed by atoms with E-state index in [0.29, 0.717) is 25.9 Å². The maximum atomic E-state index is 12.7. The zero-order valence-corrected chi connectivity index (χ0v) is 24.8. The van der Waals surface area contributed by atoms with E-state index in [0.717, 1.165) is 47.2 Å². The zero-order chi connectivity index (χ0) is 28.7. The predicted molar refractivity (Wildman–Crippen MR) is 169 cm³/mol. The molecular formula is C34H32N2O4S2. The molecule has 4 aromatic carbocycles. The Kier molecular flexibility index (Phi) is 9.01. The van der Waals surface area contributed by atoms with Gasteiger partial charge in [0.2, 0.25) is 11.8 Å². The number of ether oxygens (including phenoxy) is 2. The van der Waals surface area contributed by atoms with Crippen LogP contribution in [0.5, 0.6) is 23.0 Å². The fraction of sp³-hybridized carbons (Fsp3) is 0.235. The van der Waals surface area contributed by atoms with E-state index in [-0.39, 0.29) is 22.3 Å². The van der Waals surface area contributed by atoms with Crippen molar-refractivity contribution in [2.45, 2.75) is 36.4 Å². The third kappa shape index (κ3) is 7.49. The first-order valence-corrected chi connectivity index (χ1v) is 16.4. The molecule has 0 radical (unpaired) electrons. The van der Waals surface area contributed by atoms with Crippen LogP contribution in [-0.4, -0.2) is 45.2 Å². The van der Waals surface area contributed by atoms with Crippen molar-refractivity contribution in [1.29, 1.82) is 0 Å². The van der Waals surface area contributed by atoms with Gasteiger partial charge in [-0.15, -0.1) is 0 Å². The van der Waals surface area contributed by atoms with Crippen molar-refractivity contribution in [2.75, 3.05) is 13.1 Å². The summed E-state index contributed by atoms with van der Waals surface area (Å²) >= 11 is 0. The highest BCUT2D eigenvalue weighted by Gasteiger charge is 2.34. The van der Waals surface area contributed by atoms with E-state index in [9.17, 15) is 9.59 Å². The third-order valence-corrected chi connectivity index (χ3v) is 10.5. The summed E-state index contributed by atoms with van der Waals surface area (Å²) in [6.07, 6.45) is 1.07. The van der Waals surface area contributed by atoms with Crippen LogP contribution in [0.4, 0.5) is 0 Å². The summed E-state index contributed by atoms with van der Waals surface area (Å²) in [6, 6.07) is 35.2. The molecule has 2 aliphatic rings. The Morgan fingerprint density at radius 1 is 0.524 bits per heavy atom. The van der Waals surface area contributed by atoms with Gasteiger partial charge in [-0.05, 0) is 59.7 Å². The van der Waals surface area contributed by atoms with Gasteiger partial charge in [0, 0.05) is 49.5 Å². The van der Waals surface area contributed by atoms with E-state index in [1.807, 2.05) is 119 Å². The summed E-state index contributed by atoms with van der Waals surface area (Å²) in [4.78, 5) is 29.3. The Bertz CT molecular complexity index is 1370. The summed E-state index contributed by atoms with van der Waals surface area (Å²) in [5.41, 5.74) is 2.16. The summed E-state index contributed by atoms with van der Waals surface area (Å²) in [5.74, 6) is 3.51. The Labute approximate surface area is 254 Å². The molecule has 2 atom stereocenters. The quantitative estimate of drug-likeness (QED) is 0.167. The third-order valence-electron chi connectivity index (χ3n) is 7.24. The van der Waals surface area contributed by atoms with Crippen LogP contribution in [0.3, 0.4) is 0 Å². The van der Waals surface area contributed by atoms with Crippen molar-refractivity contribution in [3.05, 3.63) is 120 Å². The number of hydrogen-bond acceptors (Lipinski definition) is 6. The smallest absolute Gasteiger partial charge is 0.224 e. The van der Waals surface area contributed by atoms with Crippen LogP contribution in [-0.2, 0) is 22.7 Å². The van der Waals surface area contributed by atoms with Gasteiger partial charge in [0.25, 0.3) is 0 Å². The number of amides is 2. The number of carbonyl (C=O) groups excluding carboxylic acids is 2. The van der Waals surface area contributed by atoms with E-state index >= 15 is 0 Å². The number of rotatable bonds is 11. The standard InChI is InChI=1S/C34H32N2O4S2/c37-33-19-31(23-35(33)21-25-11-15-29(16-12-25)39-27-7-3-1-4-8-27)41-42-32-20-34(38)36(24-32)22-26-13-17-30(18-14-26)40-28-9-5-2-6-10-28/h1-18,31-32H,19-24H2/t31-,32-/m1/s1. The van der Waals surface area contributed by atoms with Gasteiger partial charge in [-0.25, -0.2) is 0 Å². The molecule has 2 aliphatic heterocycles. The molecule has 8 heteroatoms. The topological polar surface area (TPSA) is 59.1 Å². The summed E-state index contributed by atoms with van der Waals surface area (Å²) in [7, 11) is 3.51. The maximum Gasteiger partial charge on any atom is 0.224 e. The van der Waals surface area contributed by atoms with Gasteiger partial charge in [0.05, 0.1) is 0 Å². The molecular weight excluding hydrogens is 565 g/mol. The van der Waals surface area contributed by atoms with Gasteiger partial charge in [-0.1, -0.05) is 82.3 Å². The molecule has 4 aromatic rings. The van der Waals surface area contributed by atoms with Crippen LogP contribution < -0.4 is 9.47 Å². The monoisotopic (exact) mass is 596 g/mol. The van der Waals surface area contributed by atoms with Crippen molar-refractivity contribution in [3.8, 4) is 23.0 Å². The summed E-state index contributed by atoms with van der Waals surface area (Å²) in [5, 5.41) is 0.453. The molecule has 2 heterocycles. The molecule has 6 nitrogen and oxygen atoms in total. The Morgan fingerprint density at radius 3 is 1.26 bits per heavy atom. The fourth-order valence-corrected chi connectivity index (χ4v) is 8.01. The minimum atomic E-state index is 0.182. The lowest BCUT2D eigenvalue weighted by atomic mass is 10.2. The highest BCUT2D eigenvalue weighted by molar-refractivity contribution is 8.77. The summed E-state index contributed by atoms with van der Waals surface area (Å²) in [6.45, 7) is 2.63. The number of likely N-dealkylation sites (tertiary alicyclic amines) is 2. The van der Waals surface area contributed by atoms with Gasteiger partial charge in [0.15, 0.2) is 0 Å². The van der Waals surface area contributed by atoms with Crippen molar-refractivity contribution >= 4 is 33.4 Å². The lowest BCUT2D eigenvalue weighted by Crippen LogP contribution is -2.25. The second-order valence-corrected chi connectivity index (χ2v) is 13.4. The molecule has 214 valence electrons. The molecule has 0 saturated carbocycles. The lowest BCUT2D eigenvalue weighted by molar-refractivity contribution is -0.129. The molecule has 6 rings (SSSR count).